The summed E-state index contributed by atoms with van der Waals surface area (Å²) >= 11 is 0. The Hall–Kier alpha value is -1.76. The summed E-state index contributed by atoms with van der Waals surface area (Å²) in [7, 11) is -3.60. The second-order valence-corrected chi connectivity index (χ2v) is 7.34. The van der Waals surface area contributed by atoms with Crippen molar-refractivity contribution < 1.29 is 17.9 Å². The number of hydrogen-bond acceptors (Lipinski definition) is 4. The molecule has 0 aromatic heterocycles. The van der Waals surface area contributed by atoms with Gasteiger partial charge in [0.25, 0.3) is 0 Å². The second-order valence-electron chi connectivity index (χ2n) is 5.48. The monoisotopic (exact) mass is 342 g/mol. The van der Waals surface area contributed by atoms with Gasteiger partial charge in [0.05, 0.1) is 18.6 Å². The number of carbonyl (C=O) groups excluding carboxylic acids is 1. The van der Waals surface area contributed by atoms with Crippen molar-refractivity contribution in [3.05, 3.63) is 24.3 Å². The topological polar surface area (TPSA) is 75.7 Å². The SMILES string of the molecule is CCOc1ccc(N([C@@H](C)C(=O)N[C@H](C)CC)S(C)(=O)=O)cc1. The first-order valence-corrected chi connectivity index (χ1v) is 9.58. The fraction of sp³-hybridized carbons (Fsp3) is 0.562. The van der Waals surface area contributed by atoms with E-state index in [9.17, 15) is 13.2 Å². The van der Waals surface area contributed by atoms with Crippen LogP contribution in [-0.2, 0) is 14.8 Å². The van der Waals surface area contributed by atoms with E-state index in [4.69, 9.17) is 4.74 Å². The van der Waals surface area contributed by atoms with Crippen LogP contribution in [0.4, 0.5) is 5.69 Å². The van der Waals surface area contributed by atoms with E-state index >= 15 is 0 Å². The summed E-state index contributed by atoms with van der Waals surface area (Å²) in [5, 5.41) is 2.81. The average molecular weight is 342 g/mol. The maximum atomic E-state index is 12.3. The summed E-state index contributed by atoms with van der Waals surface area (Å²) in [5.74, 6) is 0.333. The van der Waals surface area contributed by atoms with Crippen molar-refractivity contribution in [3.63, 3.8) is 0 Å². The van der Waals surface area contributed by atoms with Gasteiger partial charge in [0, 0.05) is 6.04 Å². The minimum absolute atomic E-state index is 0.00769. The van der Waals surface area contributed by atoms with E-state index in [1.165, 1.54) is 0 Å². The van der Waals surface area contributed by atoms with E-state index in [2.05, 4.69) is 5.32 Å². The number of amides is 1. The molecule has 7 heteroatoms. The molecule has 0 aliphatic heterocycles. The summed E-state index contributed by atoms with van der Waals surface area (Å²) in [6, 6.07) is 5.81. The number of benzene rings is 1. The number of anilines is 1. The van der Waals surface area contributed by atoms with Crippen LogP contribution in [0.3, 0.4) is 0 Å². The Balaban J connectivity index is 3.07. The van der Waals surface area contributed by atoms with E-state index in [-0.39, 0.29) is 11.9 Å². The molecule has 23 heavy (non-hydrogen) atoms. The Morgan fingerprint density at radius 1 is 1.22 bits per heavy atom. The fourth-order valence-corrected chi connectivity index (χ4v) is 3.31. The van der Waals surface area contributed by atoms with Gasteiger partial charge in [-0.1, -0.05) is 6.92 Å². The first-order chi connectivity index (χ1) is 10.7. The third-order valence-electron chi connectivity index (χ3n) is 3.49. The molecular formula is C16H26N2O4S. The average Bonchev–Trinajstić information content (AvgIpc) is 2.47. The van der Waals surface area contributed by atoms with Gasteiger partial charge >= 0.3 is 0 Å². The molecular weight excluding hydrogens is 316 g/mol. The minimum atomic E-state index is -3.60. The van der Waals surface area contributed by atoms with Crippen molar-refractivity contribution in [1.82, 2.24) is 5.32 Å². The predicted octanol–water partition coefficient (Wildman–Crippen LogP) is 2.15. The zero-order chi connectivity index (χ0) is 17.6. The lowest BCUT2D eigenvalue weighted by atomic mass is 10.2. The number of sulfonamides is 1. The van der Waals surface area contributed by atoms with Gasteiger partial charge in [0.15, 0.2) is 0 Å². The first-order valence-electron chi connectivity index (χ1n) is 7.73. The number of hydrogen-bond donors (Lipinski definition) is 1. The van der Waals surface area contributed by atoms with Crippen LogP contribution in [0.5, 0.6) is 5.75 Å². The molecule has 0 aliphatic carbocycles. The van der Waals surface area contributed by atoms with Gasteiger partial charge in [-0.3, -0.25) is 9.10 Å². The standard InChI is InChI=1S/C16H26N2O4S/c1-6-12(3)17-16(19)13(4)18(23(5,20)21)14-8-10-15(11-9-14)22-7-2/h8-13H,6-7H2,1-5H3,(H,17,19)/t12-,13+/m1/s1. The van der Waals surface area contributed by atoms with Gasteiger partial charge in [0.2, 0.25) is 15.9 Å². The van der Waals surface area contributed by atoms with E-state index < -0.39 is 16.1 Å². The molecule has 0 unspecified atom stereocenters. The normalized spacial score (nSPS) is 14.0. The highest BCUT2D eigenvalue weighted by atomic mass is 32.2. The highest BCUT2D eigenvalue weighted by Gasteiger charge is 2.29. The molecule has 0 saturated carbocycles. The molecule has 0 bridgehead atoms. The van der Waals surface area contributed by atoms with Crippen LogP contribution in [0.15, 0.2) is 24.3 Å². The lowest BCUT2D eigenvalue weighted by Gasteiger charge is -2.29. The van der Waals surface area contributed by atoms with Crippen molar-refractivity contribution >= 4 is 21.6 Å². The Kier molecular flexibility index (Phi) is 6.87. The molecule has 1 aromatic rings. The Labute approximate surface area is 138 Å². The highest BCUT2D eigenvalue weighted by molar-refractivity contribution is 7.92. The molecule has 0 spiro atoms. The summed E-state index contributed by atoms with van der Waals surface area (Å²) in [6.45, 7) is 7.82. The van der Waals surface area contributed by atoms with E-state index in [0.717, 1.165) is 17.0 Å². The summed E-state index contributed by atoms with van der Waals surface area (Å²) < 4.78 is 30.8. The zero-order valence-electron chi connectivity index (χ0n) is 14.4. The molecule has 2 atom stereocenters. The summed E-state index contributed by atoms with van der Waals surface area (Å²) in [4.78, 5) is 12.3. The molecule has 1 rings (SSSR count). The van der Waals surface area contributed by atoms with Crippen LogP contribution in [0.1, 0.15) is 34.1 Å². The van der Waals surface area contributed by atoms with E-state index in [1.54, 1.807) is 31.2 Å². The third-order valence-corrected chi connectivity index (χ3v) is 4.73. The molecule has 0 radical (unpaired) electrons. The Morgan fingerprint density at radius 3 is 2.22 bits per heavy atom. The fourth-order valence-electron chi connectivity index (χ4n) is 2.13. The van der Waals surface area contributed by atoms with Crippen molar-refractivity contribution in [2.75, 3.05) is 17.2 Å². The van der Waals surface area contributed by atoms with Gasteiger partial charge in [-0.15, -0.1) is 0 Å². The number of rotatable bonds is 8. The zero-order valence-corrected chi connectivity index (χ0v) is 15.2. The number of nitrogens with zero attached hydrogens (tertiary/aromatic N) is 1. The minimum Gasteiger partial charge on any atom is -0.494 e. The molecule has 0 saturated heterocycles. The van der Waals surface area contributed by atoms with Crippen LogP contribution in [0, 0.1) is 0 Å². The molecule has 0 aliphatic rings. The summed E-state index contributed by atoms with van der Waals surface area (Å²) in [5.41, 5.74) is 0.433. The van der Waals surface area contributed by atoms with Gasteiger partial charge in [-0.05, 0) is 51.5 Å². The number of carbonyl (C=O) groups is 1. The van der Waals surface area contributed by atoms with Gasteiger partial charge < -0.3 is 10.1 Å². The lowest BCUT2D eigenvalue weighted by Crippen LogP contribution is -2.49. The molecule has 1 amide bonds. The largest absolute Gasteiger partial charge is 0.494 e. The maximum absolute atomic E-state index is 12.3. The van der Waals surface area contributed by atoms with E-state index in [0.29, 0.717) is 18.0 Å². The molecule has 0 fully saturated rings. The maximum Gasteiger partial charge on any atom is 0.243 e. The van der Waals surface area contributed by atoms with E-state index in [1.807, 2.05) is 20.8 Å². The molecule has 0 heterocycles. The quantitative estimate of drug-likeness (QED) is 0.785. The highest BCUT2D eigenvalue weighted by Crippen LogP contribution is 2.24. The van der Waals surface area contributed by atoms with Crippen LogP contribution in [-0.4, -0.2) is 39.3 Å². The number of ether oxygens (including phenoxy) is 1. The van der Waals surface area contributed by atoms with Crippen molar-refractivity contribution in [1.29, 1.82) is 0 Å². The van der Waals surface area contributed by atoms with Crippen LogP contribution in [0.2, 0.25) is 0 Å². The molecule has 1 N–H and O–H groups in total. The van der Waals surface area contributed by atoms with Gasteiger partial charge in [-0.2, -0.15) is 0 Å². The molecule has 6 nitrogen and oxygen atoms in total. The Bertz CT molecular complexity index is 613. The predicted molar refractivity (Wildman–Crippen MR) is 92.3 cm³/mol. The number of nitrogens with one attached hydrogen (secondary N) is 1. The first kappa shape index (κ1) is 19.3. The van der Waals surface area contributed by atoms with Crippen molar-refractivity contribution in [2.24, 2.45) is 0 Å². The Morgan fingerprint density at radius 2 is 1.78 bits per heavy atom. The molecule has 1 aromatic carbocycles. The van der Waals surface area contributed by atoms with Gasteiger partial charge in [0.1, 0.15) is 11.8 Å². The lowest BCUT2D eigenvalue weighted by molar-refractivity contribution is -0.122. The van der Waals surface area contributed by atoms with Gasteiger partial charge in [-0.25, -0.2) is 8.42 Å². The van der Waals surface area contributed by atoms with Crippen LogP contribution >= 0.6 is 0 Å². The van der Waals surface area contributed by atoms with Crippen molar-refractivity contribution in [3.8, 4) is 5.75 Å². The van der Waals surface area contributed by atoms with Crippen LogP contribution < -0.4 is 14.4 Å². The second kappa shape index (κ2) is 8.19. The van der Waals surface area contributed by atoms with Crippen LogP contribution in [0.25, 0.3) is 0 Å². The van der Waals surface area contributed by atoms with Crippen molar-refractivity contribution in [2.45, 2.75) is 46.2 Å². The molecule has 130 valence electrons. The summed E-state index contributed by atoms with van der Waals surface area (Å²) in [6.07, 6.45) is 1.87. The smallest absolute Gasteiger partial charge is 0.243 e. The third kappa shape index (κ3) is 5.42.